The van der Waals surface area contributed by atoms with Crippen LogP contribution in [0.3, 0.4) is 0 Å². The predicted octanol–water partition coefficient (Wildman–Crippen LogP) is 12.6. The van der Waals surface area contributed by atoms with Gasteiger partial charge in [0.15, 0.2) is 0 Å². The lowest BCUT2D eigenvalue weighted by Gasteiger charge is -2.17. The maximum Gasteiger partial charge on any atom is 0.0783 e. The molecular formula is C48H31N3. The van der Waals surface area contributed by atoms with Crippen LogP contribution < -0.4 is 0 Å². The van der Waals surface area contributed by atoms with Gasteiger partial charge in [-0.3, -0.25) is 0 Å². The molecule has 0 aliphatic heterocycles. The minimum Gasteiger partial charge on any atom is -0.307 e. The van der Waals surface area contributed by atoms with Gasteiger partial charge in [-0.15, -0.1) is 0 Å². The van der Waals surface area contributed by atoms with Crippen LogP contribution in [-0.2, 0) is 0 Å². The van der Waals surface area contributed by atoms with Crippen molar-refractivity contribution in [2.75, 3.05) is 0 Å². The van der Waals surface area contributed by atoms with Gasteiger partial charge in [0, 0.05) is 38.0 Å². The van der Waals surface area contributed by atoms with Crippen molar-refractivity contribution in [1.82, 2.24) is 13.7 Å². The molecule has 0 aliphatic rings. The Bertz CT molecular complexity index is 4620. The fraction of sp³-hybridized carbons (Fsp3) is 0. The SMILES string of the molecule is [2H]c1cc2c3c([2H])c([2H])c([2H])c([2H])c3n(-c3c([2H])c([2H])c([2H])c4c5c([2H])c([2H])c([2H])c([2H])c5n(-c5c([2H])c([2H])c([2H])c6c7c([2H])c([2H])c([2H])c([2H])c7n(-c7cccc(-c8c([2H])c([2H])c([2H])c([2H])c8[2H])c7)c56)c34)c2c([2H])c1[2H]. The zero-order chi connectivity index (χ0) is 56.1. The Labute approximate surface area is 331 Å². The molecule has 8 aromatic carbocycles. The summed E-state index contributed by atoms with van der Waals surface area (Å²) in [5.74, 6) is 0. The monoisotopic (exact) mass is 675 g/mol. The minimum atomic E-state index is -0.939. The number of hydrogen-bond donors (Lipinski definition) is 0. The minimum absolute atomic E-state index is 0.0353. The first-order valence-electron chi connectivity index (χ1n) is 28.4. The Kier molecular flexibility index (Phi) is 2.72. The van der Waals surface area contributed by atoms with Gasteiger partial charge in [-0.25, -0.2) is 0 Å². The van der Waals surface area contributed by atoms with Gasteiger partial charge >= 0.3 is 0 Å². The van der Waals surface area contributed by atoms with Crippen LogP contribution in [0.15, 0.2) is 187 Å². The molecule has 0 saturated heterocycles. The zero-order valence-electron chi connectivity index (χ0n) is 51.7. The van der Waals surface area contributed by atoms with Gasteiger partial charge in [0.2, 0.25) is 0 Å². The van der Waals surface area contributed by atoms with Gasteiger partial charge in [-0.1, -0.05) is 139 Å². The van der Waals surface area contributed by atoms with Crippen LogP contribution in [0.25, 0.3) is 93.6 Å². The summed E-state index contributed by atoms with van der Waals surface area (Å²) in [7, 11) is 0. The Morgan fingerprint density at radius 3 is 1.51 bits per heavy atom. The fourth-order valence-electron chi connectivity index (χ4n) is 6.82. The molecule has 238 valence electrons. The van der Waals surface area contributed by atoms with Crippen molar-refractivity contribution < 1.29 is 35.6 Å². The number of aromatic nitrogens is 3. The summed E-state index contributed by atoms with van der Waals surface area (Å²) in [5, 5.41) is -2.48. The Morgan fingerprint density at radius 1 is 0.333 bits per heavy atom. The summed E-state index contributed by atoms with van der Waals surface area (Å²) in [5.41, 5.74) is -4.79. The third kappa shape index (κ3) is 4.00. The van der Waals surface area contributed by atoms with E-state index < -0.39 is 223 Å². The van der Waals surface area contributed by atoms with E-state index in [0.717, 1.165) is 19.8 Å². The highest BCUT2D eigenvalue weighted by atomic mass is 15.1. The Balaban J connectivity index is 1.49. The molecule has 0 aliphatic carbocycles. The average molecular weight is 676 g/mol. The van der Waals surface area contributed by atoms with Gasteiger partial charge < -0.3 is 13.7 Å². The third-order valence-electron chi connectivity index (χ3n) is 8.84. The number of benzene rings is 8. The molecule has 0 saturated carbocycles. The van der Waals surface area contributed by atoms with Crippen molar-refractivity contribution in [2.24, 2.45) is 0 Å². The van der Waals surface area contributed by atoms with Gasteiger partial charge in [-0.05, 0) is 59.5 Å². The van der Waals surface area contributed by atoms with Gasteiger partial charge in [-0.2, -0.15) is 0 Å². The van der Waals surface area contributed by atoms with Crippen LogP contribution in [0, 0.1) is 0 Å². The van der Waals surface area contributed by atoms with E-state index >= 15 is 0 Å². The van der Waals surface area contributed by atoms with Crippen LogP contribution >= 0.6 is 0 Å². The predicted molar refractivity (Wildman–Crippen MR) is 215 cm³/mol. The molecule has 11 rings (SSSR count). The summed E-state index contributed by atoms with van der Waals surface area (Å²) in [6, 6.07) is -14.0. The molecule has 3 nitrogen and oxygen atoms in total. The lowest BCUT2D eigenvalue weighted by Crippen LogP contribution is -2.03. The second-order valence-electron chi connectivity index (χ2n) is 11.4. The quantitative estimate of drug-likeness (QED) is 0.176. The first-order chi connectivity index (χ1) is 36.1. The average Bonchev–Trinajstić information content (AvgIpc) is 4.00. The first-order valence-corrected chi connectivity index (χ1v) is 15.4. The van der Waals surface area contributed by atoms with Crippen molar-refractivity contribution in [1.29, 1.82) is 0 Å². The topological polar surface area (TPSA) is 14.8 Å². The molecule has 0 unspecified atom stereocenters. The third-order valence-corrected chi connectivity index (χ3v) is 8.84. The van der Waals surface area contributed by atoms with E-state index in [4.69, 9.17) is 19.2 Å². The normalized spacial score (nSPS) is 19.1. The van der Waals surface area contributed by atoms with E-state index in [2.05, 4.69) is 0 Å². The second-order valence-corrected chi connectivity index (χ2v) is 11.4. The molecule has 0 bridgehead atoms. The van der Waals surface area contributed by atoms with Crippen LogP contribution in [0.4, 0.5) is 0 Å². The van der Waals surface area contributed by atoms with E-state index in [1.165, 1.54) is 24.3 Å². The second kappa shape index (κ2) is 10.8. The van der Waals surface area contributed by atoms with E-state index in [9.17, 15) is 16.4 Å². The first kappa shape index (κ1) is 12.8. The molecule has 0 amide bonds. The van der Waals surface area contributed by atoms with Crippen molar-refractivity contribution in [3.63, 3.8) is 0 Å². The van der Waals surface area contributed by atoms with E-state index in [-0.39, 0.29) is 27.6 Å². The lowest BCUT2D eigenvalue weighted by molar-refractivity contribution is 1.11. The number of nitrogens with zero attached hydrogens (tertiary/aromatic N) is 3. The largest absolute Gasteiger partial charge is 0.307 e. The van der Waals surface area contributed by atoms with Crippen molar-refractivity contribution in [3.05, 3.63) is 187 Å². The lowest BCUT2D eigenvalue weighted by atomic mass is 10.1. The highest BCUT2D eigenvalue weighted by Gasteiger charge is 2.23. The Morgan fingerprint density at radius 2 is 0.824 bits per heavy atom. The molecule has 0 radical (unpaired) electrons. The summed E-state index contributed by atoms with van der Waals surface area (Å²) in [6.45, 7) is 0. The van der Waals surface area contributed by atoms with E-state index in [1.807, 2.05) is 0 Å². The van der Waals surface area contributed by atoms with Crippen molar-refractivity contribution in [3.8, 4) is 28.2 Å². The number of hydrogen-bond acceptors (Lipinski definition) is 0. The molecule has 3 aromatic heterocycles. The van der Waals surface area contributed by atoms with E-state index in [1.54, 1.807) is 0 Å². The maximum atomic E-state index is 9.92. The fourth-order valence-corrected chi connectivity index (χ4v) is 6.82. The highest BCUT2D eigenvalue weighted by Crippen LogP contribution is 2.43. The molecule has 3 heteroatoms. The van der Waals surface area contributed by atoms with Crippen molar-refractivity contribution >= 4 is 65.4 Å². The number of rotatable bonds is 4. The summed E-state index contributed by atoms with van der Waals surface area (Å²) < 4.78 is 239. The molecule has 0 spiro atoms. The molecular weight excluding hydrogens is 619 g/mol. The molecule has 0 atom stereocenters. The summed E-state index contributed by atoms with van der Waals surface area (Å²) >= 11 is 0. The molecule has 0 fully saturated rings. The molecule has 3 heterocycles. The molecule has 0 N–H and O–H groups in total. The number of fused-ring (bicyclic) bond motifs is 9. The van der Waals surface area contributed by atoms with Gasteiger partial charge in [0.1, 0.15) is 0 Å². The van der Waals surface area contributed by atoms with Gasteiger partial charge in [0.05, 0.1) is 80.1 Å². The zero-order valence-corrected chi connectivity index (χ0v) is 25.7. The summed E-state index contributed by atoms with van der Waals surface area (Å²) in [4.78, 5) is 0. The van der Waals surface area contributed by atoms with Crippen LogP contribution in [0.1, 0.15) is 35.6 Å². The smallest absolute Gasteiger partial charge is 0.0783 e. The standard InChI is InChI=1S/C48H31N3/c1-2-15-32(16-3-1)33-17-12-18-34(31-33)49-41-25-8-6-21-37(41)39-23-14-30-46(47(39)49)51-44-28-11-7-22-38(44)40-24-13-29-45(48(40)51)50-42-26-9-4-19-35(42)36-20-5-10-27-43(36)50/h1-31H/i1D,2D,3D,4D,5D,6D,7D,8D,9D,10D,11D,13D,14D,15D,16D,19D,21D,22D,23D,24D,25D,26D,27D,28D,29D,30D. The maximum absolute atomic E-state index is 9.92. The summed E-state index contributed by atoms with van der Waals surface area (Å²) in [6.07, 6.45) is 0. The highest BCUT2D eigenvalue weighted by molar-refractivity contribution is 6.17. The molecule has 11 aromatic rings. The number of para-hydroxylation sites is 6. The Hall–Kier alpha value is -6.84. The van der Waals surface area contributed by atoms with Crippen LogP contribution in [0.5, 0.6) is 0 Å². The van der Waals surface area contributed by atoms with Crippen LogP contribution in [0.2, 0.25) is 0 Å². The molecule has 51 heavy (non-hydrogen) atoms. The van der Waals surface area contributed by atoms with Crippen LogP contribution in [-0.4, -0.2) is 13.7 Å². The van der Waals surface area contributed by atoms with Crippen molar-refractivity contribution in [2.45, 2.75) is 0 Å². The van der Waals surface area contributed by atoms with E-state index in [0.29, 0.717) is 0 Å². The van der Waals surface area contributed by atoms with Gasteiger partial charge in [0.25, 0.3) is 0 Å².